The van der Waals surface area contributed by atoms with Crippen LogP contribution >= 0.6 is 0 Å². The number of carbonyl (C=O) groups is 2. The van der Waals surface area contributed by atoms with Crippen LogP contribution < -0.4 is 5.43 Å². The molecule has 1 heterocycles. The zero-order valence-electron chi connectivity index (χ0n) is 10.1. The predicted octanol–water partition coefficient (Wildman–Crippen LogP) is -0.00250. The summed E-state index contributed by atoms with van der Waals surface area (Å²) in [5.41, 5.74) is 2.45. The molecule has 1 saturated heterocycles. The van der Waals surface area contributed by atoms with Crippen LogP contribution in [0.25, 0.3) is 0 Å². The van der Waals surface area contributed by atoms with Crippen LogP contribution in [0.15, 0.2) is 5.10 Å². The number of hydrazone groups is 1. The predicted molar refractivity (Wildman–Crippen MR) is 62.6 cm³/mol. The largest absolute Gasteiger partial charge is 0.465 e. The molecule has 2 amide bonds. The highest BCUT2D eigenvalue weighted by Crippen LogP contribution is 2.17. The van der Waals surface area contributed by atoms with E-state index >= 15 is 0 Å². The number of carboxylic acid groups (broad SMARTS) is 1. The van der Waals surface area contributed by atoms with Crippen LogP contribution in [0.1, 0.15) is 12.8 Å². The van der Waals surface area contributed by atoms with Crippen molar-refractivity contribution in [1.82, 2.24) is 15.2 Å². The van der Waals surface area contributed by atoms with E-state index in [1.165, 1.54) is 11.2 Å². The van der Waals surface area contributed by atoms with Crippen LogP contribution in [0.3, 0.4) is 0 Å². The topological polar surface area (TPSA) is 85.2 Å². The molecule has 1 aliphatic heterocycles. The quantitative estimate of drug-likeness (QED) is 0.414. The molecule has 0 aliphatic carbocycles. The molecule has 0 aromatic heterocycles. The molecule has 0 aromatic carbocycles. The molecule has 0 spiro atoms. The van der Waals surface area contributed by atoms with Gasteiger partial charge < -0.3 is 14.9 Å². The second-order valence-corrected chi connectivity index (χ2v) is 4.23. The van der Waals surface area contributed by atoms with Crippen molar-refractivity contribution in [3.63, 3.8) is 0 Å². The summed E-state index contributed by atoms with van der Waals surface area (Å²) in [7, 11) is 3.61. The Labute approximate surface area is 100 Å². The molecule has 17 heavy (non-hydrogen) atoms. The molecule has 0 radical (unpaired) electrons. The van der Waals surface area contributed by atoms with Crippen molar-refractivity contribution < 1.29 is 14.7 Å². The monoisotopic (exact) mass is 242 g/mol. The van der Waals surface area contributed by atoms with Gasteiger partial charge in [-0.15, -0.1) is 0 Å². The first-order valence-electron chi connectivity index (χ1n) is 5.48. The lowest BCUT2D eigenvalue weighted by Crippen LogP contribution is -2.41. The first kappa shape index (κ1) is 13.3. The summed E-state index contributed by atoms with van der Waals surface area (Å²) in [4.78, 5) is 25.4. The molecule has 7 nitrogen and oxygen atoms in total. The highest BCUT2D eigenvalue weighted by Gasteiger charge is 2.26. The van der Waals surface area contributed by atoms with Crippen LogP contribution in [0.4, 0.5) is 4.79 Å². The van der Waals surface area contributed by atoms with Crippen LogP contribution in [0, 0.1) is 5.92 Å². The Balaban J connectivity index is 2.33. The summed E-state index contributed by atoms with van der Waals surface area (Å²) in [6.07, 6.45) is 1.68. The maximum absolute atomic E-state index is 11.6. The van der Waals surface area contributed by atoms with Gasteiger partial charge in [0.2, 0.25) is 5.91 Å². The van der Waals surface area contributed by atoms with Crippen molar-refractivity contribution in [3.8, 4) is 0 Å². The molecule has 1 rings (SSSR count). The Morgan fingerprint density at radius 1 is 1.41 bits per heavy atom. The number of hydrogen-bond donors (Lipinski definition) is 2. The van der Waals surface area contributed by atoms with E-state index < -0.39 is 6.09 Å². The van der Waals surface area contributed by atoms with Gasteiger partial charge in [0.05, 0.1) is 0 Å². The zero-order valence-corrected chi connectivity index (χ0v) is 10.1. The molecule has 0 bridgehead atoms. The van der Waals surface area contributed by atoms with Crippen molar-refractivity contribution in [1.29, 1.82) is 0 Å². The number of nitrogens with one attached hydrogen (secondary N) is 1. The summed E-state index contributed by atoms with van der Waals surface area (Å²) in [5.74, 6) is -0.293. The summed E-state index contributed by atoms with van der Waals surface area (Å²) in [5, 5.41) is 12.5. The average Bonchev–Trinajstić information content (AvgIpc) is 2.28. The maximum Gasteiger partial charge on any atom is 0.407 e. The van der Waals surface area contributed by atoms with E-state index in [4.69, 9.17) is 5.11 Å². The summed E-state index contributed by atoms with van der Waals surface area (Å²) in [6, 6.07) is 0. The minimum Gasteiger partial charge on any atom is -0.465 e. The number of carbonyl (C=O) groups excluding carboxylic acids is 1. The van der Waals surface area contributed by atoms with Gasteiger partial charge in [0.1, 0.15) is 6.34 Å². The van der Waals surface area contributed by atoms with E-state index in [2.05, 4.69) is 10.5 Å². The fourth-order valence-electron chi connectivity index (χ4n) is 1.63. The van der Waals surface area contributed by atoms with Crippen molar-refractivity contribution in [2.75, 3.05) is 27.2 Å². The molecule has 7 heteroatoms. The van der Waals surface area contributed by atoms with Gasteiger partial charge >= 0.3 is 6.09 Å². The van der Waals surface area contributed by atoms with Gasteiger partial charge in [-0.05, 0) is 12.8 Å². The third kappa shape index (κ3) is 4.29. The minimum absolute atomic E-state index is 0.145. The van der Waals surface area contributed by atoms with E-state index in [0.29, 0.717) is 25.9 Å². The standard InChI is InChI=1S/C10H18N4O3/c1-13(2)7-11-12-9(15)8-3-5-14(6-4-8)10(16)17/h7-8H,3-6H2,1-2H3,(H,12,15)(H,16,17)/b11-7+. The SMILES string of the molecule is CN(C)/C=N/NC(=O)C1CCN(C(=O)O)CC1. The van der Waals surface area contributed by atoms with Gasteiger partial charge in [-0.2, -0.15) is 5.10 Å². The van der Waals surface area contributed by atoms with Gasteiger partial charge in [-0.25, -0.2) is 10.2 Å². The molecule has 0 unspecified atom stereocenters. The van der Waals surface area contributed by atoms with Crippen LogP contribution in [-0.2, 0) is 4.79 Å². The second kappa shape index (κ2) is 6.07. The maximum atomic E-state index is 11.6. The molecule has 0 atom stereocenters. The normalized spacial score (nSPS) is 17.2. The lowest BCUT2D eigenvalue weighted by molar-refractivity contribution is -0.126. The molecule has 1 fully saturated rings. The number of piperidine rings is 1. The molecular formula is C10H18N4O3. The molecule has 1 aliphatic rings. The smallest absolute Gasteiger partial charge is 0.407 e. The van der Waals surface area contributed by atoms with Gasteiger partial charge in [0.15, 0.2) is 0 Å². The van der Waals surface area contributed by atoms with Gasteiger partial charge in [0.25, 0.3) is 0 Å². The van der Waals surface area contributed by atoms with Crippen LogP contribution in [0.2, 0.25) is 0 Å². The number of hydrogen-bond acceptors (Lipinski definition) is 3. The zero-order chi connectivity index (χ0) is 12.8. The Kier molecular flexibility index (Phi) is 4.74. The third-order valence-corrected chi connectivity index (χ3v) is 2.60. The minimum atomic E-state index is -0.922. The lowest BCUT2D eigenvalue weighted by Gasteiger charge is -2.28. The Bertz CT molecular complexity index is 309. The van der Waals surface area contributed by atoms with E-state index in [-0.39, 0.29) is 11.8 Å². The fraction of sp³-hybridized carbons (Fsp3) is 0.700. The molecular weight excluding hydrogens is 224 g/mol. The number of amides is 2. The summed E-state index contributed by atoms with van der Waals surface area (Å²) in [6.45, 7) is 0.815. The third-order valence-electron chi connectivity index (χ3n) is 2.60. The lowest BCUT2D eigenvalue weighted by atomic mass is 9.96. The van der Waals surface area contributed by atoms with E-state index in [0.717, 1.165) is 0 Å². The van der Waals surface area contributed by atoms with Gasteiger partial charge in [0, 0.05) is 33.1 Å². The van der Waals surface area contributed by atoms with Crippen molar-refractivity contribution in [2.45, 2.75) is 12.8 Å². The second-order valence-electron chi connectivity index (χ2n) is 4.23. The van der Waals surface area contributed by atoms with Gasteiger partial charge in [-0.1, -0.05) is 0 Å². The van der Waals surface area contributed by atoms with Crippen molar-refractivity contribution >= 4 is 18.3 Å². The highest BCUT2D eigenvalue weighted by molar-refractivity contribution is 5.79. The Morgan fingerprint density at radius 2 is 2.00 bits per heavy atom. The summed E-state index contributed by atoms with van der Waals surface area (Å²) < 4.78 is 0. The summed E-state index contributed by atoms with van der Waals surface area (Å²) >= 11 is 0. The van der Waals surface area contributed by atoms with Gasteiger partial charge in [-0.3, -0.25) is 4.79 Å². The van der Waals surface area contributed by atoms with E-state index in [1.807, 2.05) is 0 Å². The Morgan fingerprint density at radius 3 is 2.47 bits per heavy atom. The number of rotatable bonds is 3. The molecule has 0 saturated carbocycles. The van der Waals surface area contributed by atoms with Crippen LogP contribution in [-0.4, -0.2) is 60.4 Å². The number of likely N-dealkylation sites (tertiary alicyclic amines) is 1. The van der Waals surface area contributed by atoms with E-state index in [9.17, 15) is 9.59 Å². The molecule has 2 N–H and O–H groups in total. The molecule has 96 valence electrons. The highest BCUT2D eigenvalue weighted by atomic mass is 16.4. The molecule has 0 aromatic rings. The van der Waals surface area contributed by atoms with E-state index in [1.54, 1.807) is 19.0 Å². The van der Waals surface area contributed by atoms with Crippen molar-refractivity contribution in [3.05, 3.63) is 0 Å². The van der Waals surface area contributed by atoms with Crippen molar-refractivity contribution in [2.24, 2.45) is 11.0 Å². The van der Waals surface area contributed by atoms with Crippen LogP contribution in [0.5, 0.6) is 0 Å². The first-order chi connectivity index (χ1) is 8.00. The fourth-order valence-corrected chi connectivity index (χ4v) is 1.63. The first-order valence-corrected chi connectivity index (χ1v) is 5.48. The average molecular weight is 242 g/mol. The Hall–Kier alpha value is -1.79. The number of nitrogens with zero attached hydrogens (tertiary/aromatic N) is 3.